The molecule has 0 unspecified atom stereocenters. The van der Waals surface area contributed by atoms with Gasteiger partial charge in [0.1, 0.15) is 0 Å². The highest BCUT2D eigenvalue weighted by Crippen LogP contribution is 2.54. The van der Waals surface area contributed by atoms with Gasteiger partial charge in [-0.1, -0.05) is 155 Å². The summed E-state index contributed by atoms with van der Waals surface area (Å²) in [6.45, 7) is 9.46. The Bertz CT molecular complexity index is 3400. The summed E-state index contributed by atoms with van der Waals surface area (Å²) in [5.41, 5.74) is 21.2. The minimum Gasteiger partial charge on any atom is -0.310 e. The first-order valence-electron chi connectivity index (χ1n) is 22.2. The first kappa shape index (κ1) is 36.1. The number of hydrogen-bond donors (Lipinski definition) is 0. The highest BCUT2D eigenvalue weighted by Gasteiger charge is 2.37. The fraction of sp³-hybridized carbons (Fsp3) is 0.100. The van der Waals surface area contributed by atoms with Crippen LogP contribution in [-0.4, -0.2) is 4.40 Å². The molecule has 0 N–H and O–H groups in total. The van der Waals surface area contributed by atoms with Gasteiger partial charge in [0.05, 0.1) is 27.9 Å². The van der Waals surface area contributed by atoms with Gasteiger partial charge in [-0.3, -0.25) is 0 Å². The van der Waals surface area contributed by atoms with Crippen molar-refractivity contribution in [3.05, 3.63) is 222 Å². The monoisotopic (exact) mass is 807 g/mol. The first-order valence-corrected chi connectivity index (χ1v) is 22.2. The average Bonchev–Trinajstić information content (AvgIpc) is 3.99. The zero-order valence-corrected chi connectivity index (χ0v) is 35.9. The summed E-state index contributed by atoms with van der Waals surface area (Å²) in [5, 5.41) is 4.99. The molecule has 0 radical (unpaired) electrons. The average molecular weight is 808 g/mol. The number of rotatable bonds is 6. The molecule has 9 aromatic carbocycles. The van der Waals surface area contributed by atoms with Gasteiger partial charge < -0.3 is 14.2 Å². The number of fused-ring (bicyclic) bond motifs is 12. The molecule has 0 saturated heterocycles. The van der Waals surface area contributed by atoms with Crippen LogP contribution in [0, 0.1) is 0 Å². The number of nitrogens with zero attached hydrogens (tertiary/aromatic N) is 3. The van der Waals surface area contributed by atoms with Gasteiger partial charge in [0, 0.05) is 55.1 Å². The van der Waals surface area contributed by atoms with Gasteiger partial charge in [0.15, 0.2) is 0 Å². The maximum atomic E-state index is 2.53. The van der Waals surface area contributed by atoms with Gasteiger partial charge in [-0.2, -0.15) is 0 Å². The molecule has 3 heteroatoms. The molecule has 0 spiro atoms. The SMILES string of the molecule is CC1(C)c2ccccc2-c2ccc(N(c3ccccc3)c3cccc4c3c3cccc5c6c(N(c7ccccc7)c7ccc8c(c7)C(C)(C)c7ccccc7-8)cccc6n4c35)cc21. The molecule has 0 bridgehead atoms. The van der Waals surface area contributed by atoms with Crippen molar-refractivity contribution in [3.8, 4) is 22.3 Å². The molecule has 2 aromatic heterocycles. The lowest BCUT2D eigenvalue weighted by molar-refractivity contribution is 0.660. The van der Waals surface area contributed by atoms with E-state index in [1.807, 2.05) is 0 Å². The van der Waals surface area contributed by atoms with E-state index >= 15 is 0 Å². The highest BCUT2D eigenvalue weighted by molar-refractivity contribution is 6.28. The van der Waals surface area contributed by atoms with Crippen LogP contribution < -0.4 is 9.80 Å². The third-order valence-corrected chi connectivity index (χ3v) is 14.5. The van der Waals surface area contributed by atoms with E-state index in [4.69, 9.17) is 0 Å². The zero-order chi connectivity index (χ0) is 42.2. The predicted molar refractivity (Wildman–Crippen MR) is 266 cm³/mol. The first-order chi connectivity index (χ1) is 30.8. The second-order valence-electron chi connectivity index (χ2n) is 18.5. The molecule has 63 heavy (non-hydrogen) atoms. The summed E-state index contributed by atoms with van der Waals surface area (Å²) < 4.78 is 2.53. The van der Waals surface area contributed by atoms with E-state index in [-0.39, 0.29) is 10.8 Å². The second-order valence-corrected chi connectivity index (χ2v) is 18.5. The van der Waals surface area contributed by atoms with Crippen molar-refractivity contribution in [1.82, 2.24) is 4.40 Å². The molecule has 0 fully saturated rings. The second kappa shape index (κ2) is 13.0. The quantitative estimate of drug-likeness (QED) is 0.166. The Morgan fingerprint density at radius 1 is 0.333 bits per heavy atom. The number of anilines is 6. The van der Waals surface area contributed by atoms with Crippen molar-refractivity contribution in [2.24, 2.45) is 0 Å². The molecule has 2 aliphatic rings. The topological polar surface area (TPSA) is 10.9 Å². The molecule has 2 aliphatic carbocycles. The van der Waals surface area contributed by atoms with Crippen molar-refractivity contribution in [2.75, 3.05) is 9.80 Å². The Balaban J connectivity index is 1.04. The zero-order valence-electron chi connectivity index (χ0n) is 35.9. The molecular formula is C60H45N3. The third-order valence-electron chi connectivity index (χ3n) is 14.5. The van der Waals surface area contributed by atoms with E-state index in [0.29, 0.717) is 0 Å². The van der Waals surface area contributed by atoms with Gasteiger partial charge in [-0.25, -0.2) is 0 Å². The molecule has 11 aromatic rings. The predicted octanol–water partition coefficient (Wildman–Crippen LogP) is 16.4. The molecule has 3 nitrogen and oxygen atoms in total. The number of aromatic nitrogens is 1. The molecule has 2 heterocycles. The number of benzene rings is 9. The van der Waals surface area contributed by atoms with E-state index in [1.165, 1.54) is 94.0 Å². The largest absolute Gasteiger partial charge is 0.310 e. The lowest BCUT2D eigenvalue weighted by atomic mass is 9.82. The van der Waals surface area contributed by atoms with Crippen molar-refractivity contribution >= 4 is 72.2 Å². The van der Waals surface area contributed by atoms with E-state index in [0.717, 1.165) is 22.7 Å². The third kappa shape index (κ3) is 4.91. The van der Waals surface area contributed by atoms with Crippen molar-refractivity contribution in [2.45, 2.75) is 38.5 Å². The van der Waals surface area contributed by atoms with E-state index in [1.54, 1.807) is 0 Å². The molecule has 300 valence electrons. The maximum Gasteiger partial charge on any atom is 0.0622 e. The normalized spacial score (nSPS) is 14.3. The van der Waals surface area contributed by atoms with Crippen LogP contribution in [0.25, 0.3) is 60.3 Å². The lowest BCUT2D eigenvalue weighted by Crippen LogP contribution is -2.16. The molecule has 0 amide bonds. The van der Waals surface area contributed by atoms with Gasteiger partial charge in [0.2, 0.25) is 0 Å². The smallest absolute Gasteiger partial charge is 0.0622 e. The Morgan fingerprint density at radius 2 is 0.730 bits per heavy atom. The van der Waals surface area contributed by atoms with Crippen LogP contribution in [0.3, 0.4) is 0 Å². The summed E-state index contributed by atoms with van der Waals surface area (Å²) in [5.74, 6) is 0. The molecule has 0 saturated carbocycles. The Morgan fingerprint density at radius 3 is 1.19 bits per heavy atom. The molecular weight excluding hydrogens is 763 g/mol. The minimum absolute atomic E-state index is 0.113. The molecule has 0 aliphatic heterocycles. The highest BCUT2D eigenvalue weighted by atomic mass is 15.2. The molecule has 13 rings (SSSR count). The van der Waals surface area contributed by atoms with E-state index in [2.05, 4.69) is 242 Å². The van der Waals surface area contributed by atoms with Crippen LogP contribution in [-0.2, 0) is 10.8 Å². The van der Waals surface area contributed by atoms with Gasteiger partial charge >= 0.3 is 0 Å². The van der Waals surface area contributed by atoms with Gasteiger partial charge in [0.25, 0.3) is 0 Å². The van der Waals surface area contributed by atoms with Crippen LogP contribution in [0.5, 0.6) is 0 Å². The van der Waals surface area contributed by atoms with Crippen LogP contribution >= 0.6 is 0 Å². The van der Waals surface area contributed by atoms with Gasteiger partial charge in [-0.15, -0.1) is 0 Å². The van der Waals surface area contributed by atoms with Crippen molar-refractivity contribution in [1.29, 1.82) is 0 Å². The summed E-state index contributed by atoms with van der Waals surface area (Å²) in [4.78, 5) is 4.95. The van der Waals surface area contributed by atoms with Crippen molar-refractivity contribution < 1.29 is 0 Å². The summed E-state index contributed by atoms with van der Waals surface area (Å²) >= 11 is 0. The van der Waals surface area contributed by atoms with Crippen LogP contribution in [0.1, 0.15) is 49.9 Å². The van der Waals surface area contributed by atoms with Crippen LogP contribution in [0.2, 0.25) is 0 Å². The van der Waals surface area contributed by atoms with Crippen molar-refractivity contribution in [3.63, 3.8) is 0 Å². The van der Waals surface area contributed by atoms with Crippen LogP contribution in [0.4, 0.5) is 34.1 Å². The standard InChI is InChI=1S/C60H45N3/c1-59(2)48-26-13-11-22-42(48)44-34-32-40(36-50(44)59)61(38-18-7-5-8-19-38)52-28-16-30-54-56(52)46-24-15-25-47-57-53(29-17-31-55(57)63(54)58(46)47)62(39-20-9-6-10-21-39)41-33-35-45-43-23-12-14-27-49(43)60(3,4)51(45)37-41/h5-37H,1-4H3. The summed E-state index contributed by atoms with van der Waals surface area (Å²) in [7, 11) is 0. The minimum atomic E-state index is -0.113. The van der Waals surface area contributed by atoms with Gasteiger partial charge in [-0.05, 0) is 117 Å². The number of para-hydroxylation sites is 3. The van der Waals surface area contributed by atoms with E-state index in [9.17, 15) is 0 Å². The fourth-order valence-electron chi connectivity index (χ4n) is 11.6. The molecule has 0 atom stereocenters. The summed E-state index contributed by atoms with van der Waals surface area (Å²) in [6.07, 6.45) is 0. The fourth-order valence-corrected chi connectivity index (χ4v) is 11.6. The Labute approximate surface area is 368 Å². The van der Waals surface area contributed by atoms with E-state index < -0.39 is 0 Å². The lowest BCUT2D eigenvalue weighted by Gasteiger charge is -2.29. The van der Waals surface area contributed by atoms with Crippen LogP contribution in [0.15, 0.2) is 200 Å². The Hall–Kier alpha value is -7.62. The maximum absolute atomic E-state index is 2.53. The number of hydrogen-bond acceptors (Lipinski definition) is 2. The summed E-state index contributed by atoms with van der Waals surface area (Å²) in [6, 6.07) is 74.4. The Kier molecular flexibility index (Phi) is 7.42.